The van der Waals surface area contributed by atoms with E-state index in [0.29, 0.717) is 6.54 Å². The van der Waals surface area contributed by atoms with E-state index in [-0.39, 0.29) is 36.5 Å². The van der Waals surface area contributed by atoms with Crippen molar-refractivity contribution in [2.24, 2.45) is 4.99 Å². The van der Waals surface area contributed by atoms with Crippen LogP contribution in [0.15, 0.2) is 89.9 Å². The van der Waals surface area contributed by atoms with Crippen LogP contribution in [-0.4, -0.2) is 24.2 Å². The summed E-state index contributed by atoms with van der Waals surface area (Å²) in [7, 11) is 0. The van der Waals surface area contributed by atoms with Gasteiger partial charge in [-0.15, -0.1) is 24.0 Å². The molecule has 0 saturated heterocycles. The first kappa shape index (κ1) is 23.9. The normalized spacial score (nSPS) is 11.1. The lowest BCUT2D eigenvalue weighted by Gasteiger charge is -2.20. The van der Waals surface area contributed by atoms with E-state index in [4.69, 9.17) is 4.99 Å². The van der Waals surface area contributed by atoms with Gasteiger partial charge in [0.15, 0.2) is 5.96 Å². The molecule has 0 unspecified atom stereocenters. The van der Waals surface area contributed by atoms with Crippen LogP contribution < -0.4 is 10.6 Å². The Morgan fingerprint density at radius 3 is 1.87 bits per heavy atom. The van der Waals surface area contributed by atoms with Crippen LogP contribution in [0, 0.1) is 0 Å². The van der Waals surface area contributed by atoms with E-state index in [1.807, 2.05) is 36.4 Å². The maximum Gasteiger partial charge on any atom is 0.191 e. The van der Waals surface area contributed by atoms with Crippen molar-refractivity contribution in [3.05, 3.63) is 107 Å². The first-order chi connectivity index (χ1) is 14.3. The van der Waals surface area contributed by atoms with Crippen molar-refractivity contribution in [2.45, 2.75) is 26.0 Å². The summed E-state index contributed by atoms with van der Waals surface area (Å²) in [6.07, 6.45) is 0. The largest absolute Gasteiger partial charge is 0.392 e. The van der Waals surface area contributed by atoms with Crippen molar-refractivity contribution in [1.82, 2.24) is 10.6 Å². The third-order valence-electron chi connectivity index (χ3n) is 4.92. The lowest BCUT2D eigenvalue weighted by molar-refractivity contribution is 0.280. The number of hydrogen-bond acceptors (Lipinski definition) is 2. The van der Waals surface area contributed by atoms with Gasteiger partial charge in [0, 0.05) is 19.0 Å². The highest BCUT2D eigenvalue weighted by Crippen LogP contribution is 2.23. The van der Waals surface area contributed by atoms with Crippen molar-refractivity contribution < 1.29 is 5.11 Å². The van der Waals surface area contributed by atoms with Crippen LogP contribution in [0.1, 0.15) is 35.1 Å². The molecule has 158 valence electrons. The van der Waals surface area contributed by atoms with Gasteiger partial charge in [-0.05, 0) is 29.2 Å². The molecule has 30 heavy (non-hydrogen) atoms. The molecule has 3 N–H and O–H groups in total. The van der Waals surface area contributed by atoms with E-state index in [1.54, 1.807) is 0 Å². The molecule has 0 aromatic heterocycles. The highest BCUT2D eigenvalue weighted by Gasteiger charge is 2.14. The summed E-state index contributed by atoms with van der Waals surface area (Å²) in [4.78, 5) is 4.73. The van der Waals surface area contributed by atoms with E-state index in [2.05, 4.69) is 66.1 Å². The SMILES string of the molecule is CCNC(=NCc1ccccc1CO)NCC(c1ccccc1)c1ccccc1.I. The fraction of sp³-hybridized carbons (Fsp3) is 0.240. The van der Waals surface area contributed by atoms with E-state index in [9.17, 15) is 5.11 Å². The molecule has 3 aromatic rings. The highest BCUT2D eigenvalue weighted by atomic mass is 127. The van der Waals surface area contributed by atoms with Gasteiger partial charge in [0.05, 0.1) is 13.2 Å². The van der Waals surface area contributed by atoms with Gasteiger partial charge in [-0.3, -0.25) is 0 Å². The Labute approximate surface area is 196 Å². The summed E-state index contributed by atoms with van der Waals surface area (Å²) in [5, 5.41) is 16.4. The predicted octanol–water partition coefficient (Wildman–Crippen LogP) is 4.68. The zero-order chi connectivity index (χ0) is 20.3. The maximum absolute atomic E-state index is 9.54. The lowest BCUT2D eigenvalue weighted by atomic mass is 9.91. The van der Waals surface area contributed by atoms with Crippen molar-refractivity contribution in [3.63, 3.8) is 0 Å². The summed E-state index contributed by atoms with van der Waals surface area (Å²) >= 11 is 0. The Balaban J connectivity index is 0.00000320. The van der Waals surface area contributed by atoms with Gasteiger partial charge < -0.3 is 15.7 Å². The Morgan fingerprint density at radius 2 is 1.33 bits per heavy atom. The number of halogens is 1. The van der Waals surface area contributed by atoms with Crippen LogP contribution in [0.3, 0.4) is 0 Å². The molecule has 4 nitrogen and oxygen atoms in total. The van der Waals surface area contributed by atoms with Gasteiger partial charge in [0.2, 0.25) is 0 Å². The number of aliphatic imine (C=N–C) groups is 1. The fourth-order valence-electron chi connectivity index (χ4n) is 3.37. The Morgan fingerprint density at radius 1 is 0.800 bits per heavy atom. The van der Waals surface area contributed by atoms with Gasteiger partial charge in [-0.1, -0.05) is 84.9 Å². The summed E-state index contributed by atoms with van der Waals surface area (Å²) in [5.74, 6) is 1.00. The zero-order valence-corrected chi connectivity index (χ0v) is 19.6. The summed E-state index contributed by atoms with van der Waals surface area (Å²) in [6.45, 7) is 4.13. The first-order valence-corrected chi connectivity index (χ1v) is 10.1. The summed E-state index contributed by atoms with van der Waals surface area (Å²) in [5.41, 5.74) is 4.49. The summed E-state index contributed by atoms with van der Waals surface area (Å²) < 4.78 is 0. The van der Waals surface area contributed by atoms with Crippen LogP contribution in [0.5, 0.6) is 0 Å². The van der Waals surface area contributed by atoms with Gasteiger partial charge >= 0.3 is 0 Å². The van der Waals surface area contributed by atoms with Crippen LogP contribution in [0.2, 0.25) is 0 Å². The monoisotopic (exact) mass is 515 g/mol. The van der Waals surface area contributed by atoms with Crippen LogP contribution in [0.4, 0.5) is 0 Å². The molecule has 3 rings (SSSR count). The minimum Gasteiger partial charge on any atom is -0.392 e. The number of benzene rings is 3. The molecular weight excluding hydrogens is 485 g/mol. The van der Waals surface area contributed by atoms with Gasteiger partial charge in [0.25, 0.3) is 0 Å². The number of nitrogens with one attached hydrogen (secondary N) is 2. The molecule has 0 aliphatic heterocycles. The smallest absolute Gasteiger partial charge is 0.191 e. The van der Waals surface area contributed by atoms with E-state index in [0.717, 1.165) is 30.2 Å². The van der Waals surface area contributed by atoms with Crippen molar-refractivity contribution >= 4 is 29.9 Å². The van der Waals surface area contributed by atoms with Crippen LogP contribution in [-0.2, 0) is 13.2 Å². The second-order valence-electron chi connectivity index (χ2n) is 6.88. The molecule has 3 aromatic carbocycles. The molecule has 0 atom stereocenters. The van der Waals surface area contributed by atoms with Crippen molar-refractivity contribution in [1.29, 1.82) is 0 Å². The average molecular weight is 515 g/mol. The maximum atomic E-state index is 9.54. The third-order valence-corrected chi connectivity index (χ3v) is 4.92. The Hall–Kier alpha value is -2.38. The quantitative estimate of drug-likeness (QED) is 0.232. The van der Waals surface area contributed by atoms with Crippen molar-refractivity contribution in [2.75, 3.05) is 13.1 Å². The number of rotatable bonds is 8. The number of nitrogens with zero attached hydrogens (tertiary/aromatic N) is 1. The molecule has 0 radical (unpaired) electrons. The number of guanidine groups is 1. The van der Waals surface area contributed by atoms with E-state index >= 15 is 0 Å². The number of aliphatic hydroxyl groups is 1. The average Bonchev–Trinajstić information content (AvgIpc) is 2.79. The second kappa shape index (κ2) is 13.0. The van der Waals surface area contributed by atoms with Crippen molar-refractivity contribution in [3.8, 4) is 0 Å². The molecule has 0 amide bonds. The van der Waals surface area contributed by atoms with E-state index < -0.39 is 0 Å². The molecule has 0 aliphatic carbocycles. The minimum atomic E-state index is 0. The van der Waals surface area contributed by atoms with Gasteiger partial charge in [0.1, 0.15) is 0 Å². The van der Waals surface area contributed by atoms with Gasteiger partial charge in [-0.2, -0.15) is 0 Å². The zero-order valence-electron chi connectivity index (χ0n) is 17.3. The minimum absolute atomic E-state index is 0. The second-order valence-corrected chi connectivity index (χ2v) is 6.88. The summed E-state index contributed by atoms with van der Waals surface area (Å²) in [6, 6.07) is 28.9. The molecule has 0 fully saturated rings. The van der Waals surface area contributed by atoms with Gasteiger partial charge in [-0.25, -0.2) is 4.99 Å². The topological polar surface area (TPSA) is 56.7 Å². The highest BCUT2D eigenvalue weighted by molar-refractivity contribution is 14.0. The standard InChI is InChI=1S/C25H29N3O.HI/c1-2-26-25(27-17-22-15-9-10-16-23(22)19-29)28-18-24(20-11-5-3-6-12-20)21-13-7-4-8-14-21;/h3-16,24,29H,2,17-19H2,1H3,(H2,26,27,28);1H. The fourth-order valence-corrected chi connectivity index (χ4v) is 3.37. The number of aliphatic hydroxyl groups excluding tert-OH is 1. The lowest BCUT2D eigenvalue weighted by Crippen LogP contribution is -2.39. The molecule has 5 heteroatoms. The third kappa shape index (κ3) is 6.85. The molecule has 0 saturated carbocycles. The van der Waals surface area contributed by atoms with E-state index in [1.165, 1.54) is 11.1 Å². The molecular formula is C25H30IN3O. The number of hydrogen-bond donors (Lipinski definition) is 3. The predicted molar refractivity (Wildman–Crippen MR) is 135 cm³/mol. The molecule has 0 spiro atoms. The Bertz CT molecular complexity index is 861. The van der Waals surface area contributed by atoms with Crippen LogP contribution >= 0.6 is 24.0 Å². The molecule has 0 aliphatic rings. The molecule has 0 bridgehead atoms. The molecule has 0 heterocycles. The Kier molecular flexibility index (Phi) is 10.4. The van der Waals surface area contributed by atoms with Crippen LogP contribution in [0.25, 0.3) is 0 Å². The first-order valence-electron chi connectivity index (χ1n) is 10.1.